The van der Waals surface area contributed by atoms with E-state index in [-0.39, 0.29) is 43.2 Å². The molecular formula is C36H51N3O7. The predicted octanol–water partition coefficient (Wildman–Crippen LogP) is 3.95. The number of hydrogen-bond donors (Lipinski definition) is 2. The molecule has 2 bridgehead atoms. The first-order chi connectivity index (χ1) is 22.1. The number of fused-ring (bicyclic) bond motifs is 1. The van der Waals surface area contributed by atoms with Crippen molar-refractivity contribution in [2.24, 2.45) is 17.8 Å². The van der Waals surface area contributed by atoms with Gasteiger partial charge in [-0.05, 0) is 37.2 Å². The lowest BCUT2D eigenvalue weighted by atomic mass is 9.70. The highest BCUT2D eigenvalue weighted by Gasteiger charge is 2.75. The largest absolute Gasteiger partial charge is 0.455 e. The van der Waals surface area contributed by atoms with E-state index >= 15 is 0 Å². The smallest absolute Gasteiger partial charge is 0.313 e. The minimum Gasteiger partial charge on any atom is -0.455 e. The maximum atomic E-state index is 14.5. The lowest BCUT2D eigenvalue weighted by Crippen LogP contribution is -2.59. The molecule has 3 aliphatic rings. The van der Waals surface area contributed by atoms with Crippen molar-refractivity contribution in [3.05, 3.63) is 61.2 Å². The van der Waals surface area contributed by atoms with Crippen LogP contribution in [0.5, 0.6) is 0 Å². The summed E-state index contributed by atoms with van der Waals surface area (Å²) in [4.78, 5) is 58.8. The molecule has 3 fully saturated rings. The van der Waals surface area contributed by atoms with E-state index in [1.54, 1.807) is 17.1 Å². The molecule has 0 saturated carbocycles. The highest BCUT2D eigenvalue weighted by atomic mass is 16.6. The van der Waals surface area contributed by atoms with E-state index in [4.69, 9.17) is 9.47 Å². The topological polar surface area (TPSA) is 125 Å². The van der Waals surface area contributed by atoms with Gasteiger partial charge in [-0.2, -0.15) is 0 Å². The number of carbonyl (C=O) groups excluding carboxylic acids is 4. The third-order valence-corrected chi connectivity index (χ3v) is 9.74. The van der Waals surface area contributed by atoms with E-state index in [2.05, 4.69) is 25.4 Å². The number of esters is 1. The van der Waals surface area contributed by atoms with Gasteiger partial charge in [-0.3, -0.25) is 19.2 Å². The summed E-state index contributed by atoms with van der Waals surface area (Å²) in [5.41, 5.74) is -0.505. The molecule has 3 amide bonds. The molecule has 1 aromatic rings. The number of nitrogens with zero attached hydrogens (tertiary/aromatic N) is 2. The second-order valence-electron chi connectivity index (χ2n) is 13.0. The van der Waals surface area contributed by atoms with Gasteiger partial charge in [0.15, 0.2) is 0 Å². The molecule has 3 aliphatic heterocycles. The number of aliphatic hydroxyl groups excluding tert-OH is 1. The third-order valence-electron chi connectivity index (χ3n) is 9.74. The van der Waals surface area contributed by atoms with Gasteiger partial charge in [0.2, 0.25) is 17.7 Å². The quantitative estimate of drug-likeness (QED) is 0.142. The fraction of sp³-hybridized carbons (Fsp3) is 0.611. The Hall–Kier alpha value is -3.50. The van der Waals surface area contributed by atoms with Crippen LogP contribution >= 0.6 is 0 Å². The molecule has 7 atom stereocenters. The van der Waals surface area contributed by atoms with Crippen molar-refractivity contribution in [1.82, 2.24) is 15.1 Å². The number of ether oxygens (including phenoxy) is 2. The number of hydrogen-bond acceptors (Lipinski definition) is 7. The van der Waals surface area contributed by atoms with Crippen molar-refractivity contribution in [2.45, 2.75) is 95.6 Å². The van der Waals surface area contributed by atoms with Crippen molar-refractivity contribution in [1.29, 1.82) is 0 Å². The zero-order valence-corrected chi connectivity index (χ0v) is 27.6. The van der Waals surface area contributed by atoms with Gasteiger partial charge in [0.25, 0.3) is 0 Å². The fourth-order valence-electron chi connectivity index (χ4n) is 7.43. The molecule has 1 aromatic carbocycles. The van der Waals surface area contributed by atoms with Gasteiger partial charge in [0, 0.05) is 19.5 Å². The molecule has 0 aromatic heterocycles. The number of rotatable bonds is 18. The lowest BCUT2D eigenvalue weighted by molar-refractivity contribution is -0.161. The predicted molar refractivity (Wildman–Crippen MR) is 174 cm³/mol. The lowest BCUT2D eigenvalue weighted by Gasteiger charge is -2.40. The van der Waals surface area contributed by atoms with Crippen LogP contribution in [0, 0.1) is 17.8 Å². The average Bonchev–Trinajstić information content (AvgIpc) is 3.69. The summed E-state index contributed by atoms with van der Waals surface area (Å²) >= 11 is 0. The van der Waals surface area contributed by atoms with Crippen molar-refractivity contribution < 1.29 is 33.8 Å². The van der Waals surface area contributed by atoms with Crippen LogP contribution in [0.2, 0.25) is 0 Å². The van der Waals surface area contributed by atoms with Gasteiger partial charge < -0.3 is 29.7 Å². The molecule has 3 saturated heterocycles. The number of unbranched alkanes of at least 4 members (excludes halogenated alkanes) is 2. The van der Waals surface area contributed by atoms with Crippen molar-refractivity contribution >= 4 is 23.7 Å². The first-order valence-electron chi connectivity index (χ1n) is 16.8. The molecule has 0 radical (unpaired) electrons. The minimum atomic E-state index is -1.21. The Morgan fingerprint density at radius 3 is 2.57 bits per heavy atom. The molecule has 10 heteroatoms. The van der Waals surface area contributed by atoms with E-state index in [1.165, 1.54) is 4.90 Å². The Balaban J connectivity index is 1.66. The van der Waals surface area contributed by atoms with E-state index in [9.17, 15) is 24.3 Å². The van der Waals surface area contributed by atoms with Crippen LogP contribution in [-0.2, 0) is 28.7 Å². The molecular weight excluding hydrogens is 586 g/mol. The zero-order valence-electron chi connectivity index (χ0n) is 27.6. The van der Waals surface area contributed by atoms with Crippen LogP contribution in [0.4, 0.5) is 0 Å². The summed E-state index contributed by atoms with van der Waals surface area (Å²) in [6.07, 6.45) is 6.47. The summed E-state index contributed by atoms with van der Waals surface area (Å²) in [5.74, 6) is -3.40. The zero-order chi connectivity index (χ0) is 33.4. The van der Waals surface area contributed by atoms with Crippen LogP contribution < -0.4 is 5.32 Å². The van der Waals surface area contributed by atoms with Crippen LogP contribution in [0.15, 0.2) is 55.6 Å². The number of nitrogens with one attached hydrogen (secondary N) is 1. The monoisotopic (exact) mass is 637 g/mol. The molecule has 46 heavy (non-hydrogen) atoms. The first kappa shape index (κ1) is 35.4. The summed E-state index contributed by atoms with van der Waals surface area (Å²) in [6, 6.07) is 7.54. The summed E-state index contributed by atoms with van der Waals surface area (Å²) < 4.78 is 12.7. The number of allylic oxidation sites excluding steroid dienone is 1. The van der Waals surface area contributed by atoms with E-state index in [0.29, 0.717) is 37.9 Å². The second kappa shape index (κ2) is 15.9. The summed E-state index contributed by atoms with van der Waals surface area (Å²) in [7, 11) is 0. The Bertz CT molecular complexity index is 1250. The second-order valence-corrected chi connectivity index (χ2v) is 13.0. The van der Waals surface area contributed by atoms with Crippen LogP contribution in [0.1, 0.15) is 77.4 Å². The summed E-state index contributed by atoms with van der Waals surface area (Å²) in [6.45, 7) is 14.0. The molecule has 1 spiro atoms. The van der Waals surface area contributed by atoms with Gasteiger partial charge >= 0.3 is 5.97 Å². The molecule has 0 aliphatic carbocycles. The maximum absolute atomic E-state index is 14.5. The third kappa shape index (κ3) is 7.08. The van der Waals surface area contributed by atoms with Crippen molar-refractivity contribution in [2.75, 3.05) is 26.2 Å². The Morgan fingerprint density at radius 1 is 1.20 bits per heavy atom. The van der Waals surface area contributed by atoms with Gasteiger partial charge in [-0.1, -0.05) is 76.1 Å². The van der Waals surface area contributed by atoms with E-state index in [0.717, 1.165) is 19.3 Å². The molecule has 2 N–H and O–H groups in total. The minimum absolute atomic E-state index is 0.0647. The van der Waals surface area contributed by atoms with Crippen molar-refractivity contribution in [3.8, 4) is 0 Å². The average molecular weight is 638 g/mol. The highest BCUT2D eigenvalue weighted by molar-refractivity contribution is 5.98. The standard InChI is InChI=1S/C36H51N3O7/c1-6-9-14-21-38(20-8-3)34(43)32-36-19-18-27(46-36)30(31(36)33(42)39(32)26(23-40)24(4)5)35(44)45-28(25-15-12-11-13-16-25)22-37-29(41)17-10-7-2/h7-8,11-13,15-16,24,26-28,30-32,40H,2-3,6,9-10,14,17-23H2,1,4-5H3,(H,37,41)/t26-,27-,28-,30+,31+,32-,36+/m0/s1. The number of amides is 3. The Kier molecular flexibility index (Phi) is 12.2. The van der Waals surface area contributed by atoms with Gasteiger partial charge in [-0.15, -0.1) is 13.2 Å². The molecule has 0 unspecified atom stereocenters. The van der Waals surface area contributed by atoms with Gasteiger partial charge in [0.1, 0.15) is 17.7 Å². The van der Waals surface area contributed by atoms with Gasteiger partial charge in [0.05, 0.1) is 37.1 Å². The number of benzene rings is 1. The maximum Gasteiger partial charge on any atom is 0.313 e. The van der Waals surface area contributed by atoms with Crippen LogP contribution in [-0.4, -0.2) is 88.6 Å². The van der Waals surface area contributed by atoms with Crippen LogP contribution in [0.25, 0.3) is 0 Å². The Morgan fingerprint density at radius 2 is 1.93 bits per heavy atom. The SMILES string of the molecule is C=CCCC(=O)NC[C@H](OC(=O)[C@@H]1[C@@H]2CC[C@]3(O2)[C@H](C(=O)N(CC=C)CCCCC)N([C@@H](CO)C(C)C)C(=O)[C@@H]13)c1ccccc1. The number of carbonyl (C=O) groups is 4. The first-order valence-corrected chi connectivity index (χ1v) is 16.8. The Labute approximate surface area is 273 Å². The normalized spacial score (nSPS) is 26.0. The molecule has 10 nitrogen and oxygen atoms in total. The molecule has 3 heterocycles. The van der Waals surface area contributed by atoms with Crippen molar-refractivity contribution in [3.63, 3.8) is 0 Å². The number of likely N-dealkylation sites (tertiary alicyclic amines) is 1. The fourth-order valence-corrected chi connectivity index (χ4v) is 7.43. The molecule has 252 valence electrons. The number of aliphatic hydroxyl groups is 1. The van der Waals surface area contributed by atoms with Gasteiger partial charge in [-0.25, -0.2) is 0 Å². The molecule has 4 rings (SSSR count). The van der Waals surface area contributed by atoms with Crippen LogP contribution in [0.3, 0.4) is 0 Å². The van der Waals surface area contributed by atoms with E-state index < -0.39 is 47.7 Å². The highest BCUT2D eigenvalue weighted by Crippen LogP contribution is 2.59. The van der Waals surface area contributed by atoms with E-state index in [1.807, 2.05) is 44.2 Å². The summed E-state index contributed by atoms with van der Waals surface area (Å²) in [5, 5.41) is 13.3.